The number of hydrogen-bond donors (Lipinski definition) is 0. The van der Waals surface area contributed by atoms with Crippen LogP contribution in [0.4, 0.5) is 0 Å². The Balaban J connectivity index is 2.90. The molecule has 52 valence electrons. The first-order valence-corrected chi connectivity index (χ1v) is 4.58. The second kappa shape index (κ2) is 2.10. The van der Waals surface area contributed by atoms with E-state index in [1.807, 2.05) is 6.07 Å². The van der Waals surface area contributed by atoms with Crippen molar-refractivity contribution in [3.63, 3.8) is 0 Å². The van der Waals surface area contributed by atoms with Gasteiger partial charge in [0.15, 0.2) is 4.67 Å². The van der Waals surface area contributed by atoms with Crippen LogP contribution in [0.15, 0.2) is 20.5 Å². The minimum Gasteiger partial charge on any atom is -0.448 e. The lowest BCUT2D eigenvalue weighted by atomic mass is 10.3. The first kappa shape index (κ1) is 6.43. The molecule has 0 unspecified atom stereocenters. The van der Waals surface area contributed by atoms with Crippen LogP contribution in [-0.2, 0) is 0 Å². The van der Waals surface area contributed by atoms with E-state index in [-0.39, 0.29) is 0 Å². The Labute approximate surface area is 70.8 Å². The molecule has 2 rings (SSSR count). The normalized spacial score (nSPS) is 11.0. The third-order valence-electron chi connectivity index (χ3n) is 1.39. The molecule has 0 aliphatic rings. The molecule has 0 aromatic carbocycles. The van der Waals surface area contributed by atoms with Gasteiger partial charge in [-0.15, -0.1) is 11.3 Å². The highest BCUT2D eigenvalue weighted by Crippen LogP contribution is 2.30. The summed E-state index contributed by atoms with van der Waals surface area (Å²) in [7, 11) is 0. The lowest BCUT2D eigenvalue weighted by Crippen LogP contribution is -1.56. The number of rotatable bonds is 0. The maximum atomic E-state index is 5.37. The average molecular weight is 217 g/mol. The molecule has 1 nitrogen and oxygen atoms in total. The summed E-state index contributed by atoms with van der Waals surface area (Å²) in [5.41, 5.74) is 2.22. The second-order valence-electron chi connectivity index (χ2n) is 2.16. The van der Waals surface area contributed by atoms with Crippen LogP contribution in [-0.4, -0.2) is 0 Å². The van der Waals surface area contributed by atoms with Gasteiger partial charge in [0, 0.05) is 11.6 Å². The van der Waals surface area contributed by atoms with Crippen LogP contribution in [0.3, 0.4) is 0 Å². The van der Waals surface area contributed by atoms with Crippen molar-refractivity contribution in [2.24, 2.45) is 0 Å². The van der Waals surface area contributed by atoms with Crippen molar-refractivity contribution >= 4 is 37.5 Å². The monoisotopic (exact) mass is 216 g/mol. The van der Waals surface area contributed by atoms with Crippen molar-refractivity contribution in [3.05, 3.63) is 21.7 Å². The molecule has 0 saturated carbocycles. The molecular weight excluding hydrogens is 212 g/mol. The topological polar surface area (TPSA) is 13.1 Å². The van der Waals surface area contributed by atoms with E-state index >= 15 is 0 Å². The van der Waals surface area contributed by atoms with Crippen LogP contribution in [0.25, 0.3) is 10.3 Å². The van der Waals surface area contributed by atoms with Crippen molar-refractivity contribution in [2.45, 2.75) is 6.92 Å². The molecule has 3 heteroatoms. The van der Waals surface area contributed by atoms with Crippen molar-refractivity contribution in [1.82, 2.24) is 0 Å². The van der Waals surface area contributed by atoms with Crippen LogP contribution in [0.5, 0.6) is 0 Å². The number of halogens is 1. The minimum absolute atomic E-state index is 0.817. The smallest absolute Gasteiger partial charge is 0.171 e. The molecule has 10 heavy (non-hydrogen) atoms. The molecule has 0 saturated heterocycles. The molecule has 0 amide bonds. The van der Waals surface area contributed by atoms with Gasteiger partial charge >= 0.3 is 0 Å². The molecule has 0 N–H and O–H groups in total. The first-order chi connectivity index (χ1) is 4.77. The fourth-order valence-corrected chi connectivity index (χ4v) is 2.35. The summed E-state index contributed by atoms with van der Waals surface area (Å²) < 4.78 is 7.40. The van der Waals surface area contributed by atoms with Crippen LogP contribution in [0.1, 0.15) is 5.56 Å². The lowest BCUT2D eigenvalue weighted by Gasteiger charge is -1.79. The Hall–Kier alpha value is -0.280. The number of fused-ring (bicyclic) bond motifs is 1. The van der Waals surface area contributed by atoms with Gasteiger partial charge in [0.25, 0.3) is 0 Å². The van der Waals surface area contributed by atoms with Crippen molar-refractivity contribution < 1.29 is 4.42 Å². The van der Waals surface area contributed by atoms with Gasteiger partial charge in [0.2, 0.25) is 0 Å². The van der Waals surface area contributed by atoms with Crippen LogP contribution in [0, 0.1) is 6.92 Å². The molecule has 0 bridgehead atoms. The second-order valence-corrected chi connectivity index (χ2v) is 3.86. The summed E-state index contributed by atoms with van der Waals surface area (Å²) in [6, 6.07) is 1.99. The van der Waals surface area contributed by atoms with Gasteiger partial charge in [0.1, 0.15) is 5.58 Å². The fraction of sp³-hybridized carbons (Fsp3) is 0.143. The zero-order valence-corrected chi connectivity index (χ0v) is 7.75. The highest BCUT2D eigenvalue weighted by molar-refractivity contribution is 9.10. The van der Waals surface area contributed by atoms with Gasteiger partial charge in [-0.3, -0.25) is 0 Å². The van der Waals surface area contributed by atoms with E-state index in [1.54, 1.807) is 11.3 Å². The summed E-state index contributed by atoms with van der Waals surface area (Å²) in [5, 5.41) is 2.10. The Morgan fingerprint density at radius 1 is 1.60 bits per heavy atom. The van der Waals surface area contributed by atoms with E-state index in [2.05, 4.69) is 28.2 Å². The Morgan fingerprint density at radius 2 is 2.40 bits per heavy atom. The van der Waals surface area contributed by atoms with Crippen LogP contribution < -0.4 is 0 Å². The largest absolute Gasteiger partial charge is 0.448 e. The summed E-state index contributed by atoms with van der Waals surface area (Å²) in [6.07, 6.45) is 0. The number of thiophene rings is 1. The molecule has 2 aromatic heterocycles. The van der Waals surface area contributed by atoms with Gasteiger partial charge in [-0.25, -0.2) is 0 Å². The Kier molecular flexibility index (Phi) is 1.35. The van der Waals surface area contributed by atoms with E-state index in [4.69, 9.17) is 4.42 Å². The highest BCUT2D eigenvalue weighted by atomic mass is 79.9. The maximum absolute atomic E-state index is 5.37. The quantitative estimate of drug-likeness (QED) is 0.657. The van der Waals surface area contributed by atoms with E-state index < -0.39 is 0 Å². The summed E-state index contributed by atoms with van der Waals surface area (Å²) in [6.45, 7) is 2.05. The van der Waals surface area contributed by atoms with E-state index in [0.29, 0.717) is 0 Å². The third-order valence-corrected chi connectivity index (χ3v) is 2.81. The number of aryl methyl sites for hydroxylation is 1. The molecular formula is C7H5BrOS. The molecule has 0 fully saturated rings. The van der Waals surface area contributed by atoms with Crippen molar-refractivity contribution in [3.8, 4) is 0 Å². The van der Waals surface area contributed by atoms with Crippen LogP contribution >= 0.6 is 27.3 Å². The van der Waals surface area contributed by atoms with Crippen LogP contribution in [0.2, 0.25) is 0 Å². The van der Waals surface area contributed by atoms with Gasteiger partial charge in [0.05, 0.1) is 4.70 Å². The van der Waals surface area contributed by atoms with E-state index in [0.717, 1.165) is 10.3 Å². The molecule has 2 heterocycles. The molecule has 0 radical (unpaired) electrons. The van der Waals surface area contributed by atoms with E-state index in [1.165, 1.54) is 10.3 Å². The average Bonchev–Trinajstić information content (AvgIpc) is 2.35. The zero-order valence-electron chi connectivity index (χ0n) is 5.35. The Bertz CT molecular complexity index is 360. The molecule has 0 aliphatic heterocycles. The van der Waals surface area contributed by atoms with Gasteiger partial charge < -0.3 is 4.42 Å². The standard InChI is InChI=1S/C7H5BrOS/c1-4-3-10-5-2-6(8)9-7(4)5/h2-3H,1H3. The lowest BCUT2D eigenvalue weighted by molar-refractivity contribution is 0.585. The molecule has 0 aliphatic carbocycles. The number of hydrogen-bond acceptors (Lipinski definition) is 2. The van der Waals surface area contributed by atoms with Crippen molar-refractivity contribution in [2.75, 3.05) is 0 Å². The Morgan fingerprint density at radius 3 is 3.10 bits per heavy atom. The van der Waals surface area contributed by atoms with E-state index in [9.17, 15) is 0 Å². The first-order valence-electron chi connectivity index (χ1n) is 2.90. The summed E-state index contributed by atoms with van der Waals surface area (Å²) in [4.78, 5) is 0. The van der Waals surface area contributed by atoms with Gasteiger partial charge in [-0.2, -0.15) is 0 Å². The molecule has 0 atom stereocenters. The minimum atomic E-state index is 0.817. The molecule has 2 aromatic rings. The summed E-state index contributed by atoms with van der Waals surface area (Å²) >= 11 is 4.99. The zero-order chi connectivity index (χ0) is 7.14. The van der Waals surface area contributed by atoms with Gasteiger partial charge in [-0.1, -0.05) is 0 Å². The summed E-state index contributed by atoms with van der Waals surface area (Å²) in [5.74, 6) is 0. The highest BCUT2D eigenvalue weighted by Gasteiger charge is 2.04. The SMILES string of the molecule is Cc1csc2cc(Br)oc12. The third kappa shape index (κ3) is 0.812. The fourth-order valence-electron chi connectivity index (χ4n) is 0.914. The predicted octanol–water partition coefficient (Wildman–Crippen LogP) is 3.57. The molecule has 0 spiro atoms. The maximum Gasteiger partial charge on any atom is 0.171 e. The number of furan rings is 1. The van der Waals surface area contributed by atoms with Crippen molar-refractivity contribution in [1.29, 1.82) is 0 Å². The van der Waals surface area contributed by atoms with Gasteiger partial charge in [-0.05, 0) is 28.2 Å². The predicted molar refractivity (Wildman–Crippen MR) is 46.5 cm³/mol.